The number of halogens is 6. The highest BCUT2D eigenvalue weighted by molar-refractivity contribution is 7.22. The van der Waals surface area contributed by atoms with Crippen LogP contribution < -0.4 is 20.7 Å². The zero-order valence-electron chi connectivity index (χ0n) is 26.0. The van der Waals surface area contributed by atoms with E-state index in [1.54, 1.807) is 4.90 Å². The van der Waals surface area contributed by atoms with Gasteiger partial charge in [0.25, 0.3) is 0 Å². The maximum atomic E-state index is 16.9. The van der Waals surface area contributed by atoms with E-state index < -0.39 is 57.9 Å². The number of aromatic nitrogens is 3. The number of hydrogen-bond donors (Lipinski definition) is 2. The molecule has 4 aliphatic heterocycles. The van der Waals surface area contributed by atoms with E-state index in [2.05, 4.69) is 20.3 Å². The van der Waals surface area contributed by atoms with Crippen molar-refractivity contribution in [2.45, 2.75) is 62.0 Å². The molecule has 0 radical (unpaired) electrons. The second-order valence-electron chi connectivity index (χ2n) is 13.3. The normalized spacial score (nSPS) is 24.1. The van der Waals surface area contributed by atoms with Gasteiger partial charge < -0.3 is 25.4 Å². The van der Waals surface area contributed by atoms with Gasteiger partial charge in [0.15, 0.2) is 10.9 Å². The molecule has 49 heavy (non-hydrogen) atoms. The molecule has 6 heterocycles. The van der Waals surface area contributed by atoms with E-state index >= 15 is 4.39 Å². The molecule has 0 saturated carbocycles. The van der Waals surface area contributed by atoms with Gasteiger partial charge in [-0.1, -0.05) is 11.3 Å². The van der Waals surface area contributed by atoms with Crippen molar-refractivity contribution < 1.29 is 40.6 Å². The minimum Gasteiger partial charge on any atom is -0.461 e. The molecule has 8 rings (SSSR count). The lowest BCUT2D eigenvalue weighted by Crippen LogP contribution is -2.53. The standard InChI is InChI=1S/C32H31F6N7O3S/c33-16-13-30(4-1-9-45(30)14-16)15-47-28-42-23-18(26(43-28)44-10-6-31(7-11-44)5-8-40-29(46)48-31)12-19(32(36,37)38)21(22(23)35)17-2-3-20(34)25-24(17)41-27(39)49-25/h2-3,12,16H,1,4-11,13-15H2,(H2,39,41)(H,40,46)/t16-,30+/m1/s1. The zero-order chi connectivity index (χ0) is 34.3. The summed E-state index contributed by atoms with van der Waals surface area (Å²) in [6.45, 7) is 1.89. The van der Waals surface area contributed by atoms with Crippen LogP contribution in [0.2, 0.25) is 0 Å². The van der Waals surface area contributed by atoms with Gasteiger partial charge in [-0.3, -0.25) is 4.90 Å². The van der Waals surface area contributed by atoms with Gasteiger partial charge in [-0.05, 0) is 37.6 Å². The average molecular weight is 708 g/mol. The number of carbonyl (C=O) groups is 1. The van der Waals surface area contributed by atoms with Crippen molar-refractivity contribution >= 4 is 49.5 Å². The van der Waals surface area contributed by atoms with Crippen LogP contribution in [0.5, 0.6) is 6.01 Å². The number of nitrogen functional groups attached to an aromatic ring is 1. The number of nitrogens with zero attached hydrogens (tertiary/aromatic N) is 5. The molecule has 2 atom stereocenters. The Labute approximate surface area is 279 Å². The van der Waals surface area contributed by atoms with Crippen LogP contribution in [0.1, 0.15) is 44.1 Å². The van der Waals surface area contributed by atoms with Crippen LogP contribution in [0.25, 0.3) is 32.2 Å². The Morgan fingerprint density at radius 1 is 1.08 bits per heavy atom. The van der Waals surface area contributed by atoms with Gasteiger partial charge in [0.1, 0.15) is 35.5 Å². The third kappa shape index (κ3) is 5.45. The lowest BCUT2D eigenvalue weighted by molar-refractivity contribution is -0.137. The monoisotopic (exact) mass is 707 g/mol. The Morgan fingerprint density at radius 2 is 1.88 bits per heavy atom. The lowest BCUT2D eigenvalue weighted by atomic mass is 9.87. The Morgan fingerprint density at radius 3 is 2.63 bits per heavy atom. The lowest BCUT2D eigenvalue weighted by Gasteiger charge is -2.43. The fourth-order valence-corrected chi connectivity index (χ4v) is 8.74. The van der Waals surface area contributed by atoms with Crippen molar-refractivity contribution in [3.8, 4) is 17.1 Å². The number of anilines is 2. The van der Waals surface area contributed by atoms with E-state index in [1.807, 2.05) is 4.90 Å². The maximum Gasteiger partial charge on any atom is 0.417 e. The molecule has 3 N–H and O–H groups in total. The second-order valence-corrected chi connectivity index (χ2v) is 14.3. The third-order valence-electron chi connectivity index (χ3n) is 10.3. The predicted molar refractivity (Wildman–Crippen MR) is 169 cm³/mol. The summed E-state index contributed by atoms with van der Waals surface area (Å²) in [5, 5.41) is 2.32. The van der Waals surface area contributed by atoms with E-state index in [9.17, 15) is 26.7 Å². The van der Waals surface area contributed by atoms with Crippen molar-refractivity contribution in [3.63, 3.8) is 0 Å². The topological polar surface area (TPSA) is 119 Å². The molecular weight excluding hydrogens is 676 g/mol. The van der Waals surface area contributed by atoms with E-state index in [4.69, 9.17) is 15.2 Å². The first-order valence-electron chi connectivity index (χ1n) is 16.0. The number of alkyl carbamates (subject to hydrolysis) is 1. The molecule has 4 aromatic rings. The number of benzene rings is 2. The second kappa shape index (κ2) is 11.5. The molecule has 0 unspecified atom stereocenters. The number of alkyl halides is 4. The summed E-state index contributed by atoms with van der Waals surface area (Å²) >= 11 is 0.739. The number of piperidine rings is 1. The van der Waals surface area contributed by atoms with Crippen LogP contribution >= 0.6 is 11.3 Å². The van der Waals surface area contributed by atoms with Crippen LogP contribution in [-0.4, -0.2) is 82.6 Å². The molecular formula is C32H31F6N7O3S. The minimum atomic E-state index is -5.05. The fourth-order valence-electron chi connectivity index (χ4n) is 7.98. The SMILES string of the molecule is Nc1nc2c(-c3c(C(F)(F)F)cc4c(N5CCC6(CCNC(=O)O6)CC5)nc(OC[C@@]56CCCN5C[C@H](F)C6)nc4c3F)ccc(F)c2s1. The first-order valence-corrected chi connectivity index (χ1v) is 16.9. The number of thiazole rings is 1. The molecule has 2 aromatic heterocycles. The fraction of sp³-hybridized carbons (Fsp3) is 0.500. The highest BCUT2D eigenvalue weighted by atomic mass is 32.1. The summed E-state index contributed by atoms with van der Waals surface area (Å²) in [7, 11) is 0. The largest absolute Gasteiger partial charge is 0.461 e. The van der Waals surface area contributed by atoms with Crippen molar-refractivity contribution in [2.24, 2.45) is 0 Å². The number of rotatable bonds is 5. The van der Waals surface area contributed by atoms with Gasteiger partial charge in [-0.25, -0.2) is 22.9 Å². The third-order valence-corrected chi connectivity index (χ3v) is 11.2. The van der Waals surface area contributed by atoms with Crippen molar-refractivity contribution in [1.82, 2.24) is 25.2 Å². The summed E-state index contributed by atoms with van der Waals surface area (Å²) in [6, 6.07) is 2.52. The van der Waals surface area contributed by atoms with Gasteiger partial charge in [-0.2, -0.15) is 23.1 Å². The maximum absolute atomic E-state index is 16.9. The van der Waals surface area contributed by atoms with Crippen LogP contribution in [0.3, 0.4) is 0 Å². The summed E-state index contributed by atoms with van der Waals surface area (Å²) in [5.41, 5.74) is 1.33. The summed E-state index contributed by atoms with van der Waals surface area (Å²) in [5.74, 6) is -2.05. The van der Waals surface area contributed by atoms with Gasteiger partial charge in [-0.15, -0.1) is 0 Å². The van der Waals surface area contributed by atoms with Crippen molar-refractivity contribution in [3.05, 3.63) is 35.4 Å². The van der Waals surface area contributed by atoms with Gasteiger partial charge in [0.2, 0.25) is 0 Å². The Balaban J connectivity index is 1.27. The number of carbonyl (C=O) groups excluding carboxylic acids is 1. The van der Waals surface area contributed by atoms with Crippen molar-refractivity contribution in [2.75, 3.05) is 50.0 Å². The number of fused-ring (bicyclic) bond motifs is 3. The van der Waals surface area contributed by atoms with E-state index in [-0.39, 0.29) is 70.8 Å². The van der Waals surface area contributed by atoms with Gasteiger partial charge >= 0.3 is 18.3 Å². The Kier molecular flexibility index (Phi) is 7.51. The molecule has 4 saturated heterocycles. The number of ether oxygens (including phenoxy) is 2. The molecule has 0 aliphatic carbocycles. The first kappa shape index (κ1) is 32.1. The molecule has 1 amide bonds. The Hall–Kier alpha value is -4.12. The van der Waals surface area contributed by atoms with Crippen LogP contribution in [-0.2, 0) is 10.9 Å². The molecule has 260 valence electrons. The van der Waals surface area contributed by atoms with Gasteiger partial charge in [0.05, 0.1) is 21.3 Å². The molecule has 0 bridgehead atoms. The van der Waals surface area contributed by atoms with Gasteiger partial charge in [0, 0.05) is 68.4 Å². The molecule has 1 spiro atoms. The van der Waals surface area contributed by atoms with Crippen LogP contribution in [0.4, 0.5) is 42.1 Å². The summed E-state index contributed by atoms with van der Waals surface area (Å²) in [4.78, 5) is 28.7. The molecule has 10 nitrogen and oxygen atoms in total. The summed E-state index contributed by atoms with van der Waals surface area (Å²) < 4.78 is 102. The number of nitrogens with two attached hydrogens (primary N) is 1. The first-order chi connectivity index (χ1) is 23.3. The molecule has 2 aromatic carbocycles. The number of hydrogen-bond acceptors (Lipinski definition) is 10. The van der Waals surface area contributed by atoms with Crippen LogP contribution in [0.15, 0.2) is 18.2 Å². The molecule has 17 heteroatoms. The quantitative estimate of drug-likeness (QED) is 0.234. The number of nitrogens with one attached hydrogen (secondary N) is 1. The van der Waals surface area contributed by atoms with E-state index in [0.717, 1.165) is 36.0 Å². The minimum absolute atomic E-state index is 0.0101. The smallest absolute Gasteiger partial charge is 0.417 e. The van der Waals surface area contributed by atoms with Crippen LogP contribution in [0, 0.1) is 11.6 Å². The Bertz CT molecular complexity index is 1980. The zero-order valence-corrected chi connectivity index (χ0v) is 26.8. The molecule has 4 aliphatic rings. The molecule has 4 fully saturated rings. The highest BCUT2D eigenvalue weighted by Crippen LogP contribution is 2.47. The predicted octanol–water partition coefficient (Wildman–Crippen LogP) is 6.21. The highest BCUT2D eigenvalue weighted by Gasteiger charge is 2.50. The van der Waals surface area contributed by atoms with Crippen molar-refractivity contribution in [1.29, 1.82) is 0 Å². The van der Waals surface area contributed by atoms with E-state index in [0.29, 0.717) is 38.8 Å². The van der Waals surface area contributed by atoms with E-state index in [1.165, 1.54) is 0 Å². The average Bonchev–Trinajstić information content (AvgIpc) is 3.72. The summed E-state index contributed by atoms with van der Waals surface area (Å²) in [6.07, 6.45) is -3.55. The number of amides is 1.